The second-order valence-corrected chi connectivity index (χ2v) is 8.41. The zero-order valence-corrected chi connectivity index (χ0v) is 8.43. The molecule has 0 aliphatic heterocycles. The molecular weight excluding hydrogens is 216 g/mol. The smallest absolute Gasteiger partial charge is 0.0995 e. The van der Waals surface area contributed by atoms with Crippen LogP contribution in [0.15, 0.2) is 0 Å². The molecule has 2 nitrogen and oxygen atoms in total. The fraction of sp³-hybridized carbons (Fsp3) is 1.00. The van der Waals surface area contributed by atoms with E-state index in [1.54, 1.807) is 9.83 Å². The van der Waals surface area contributed by atoms with Crippen molar-refractivity contribution < 1.29 is 10.2 Å². The van der Waals surface area contributed by atoms with Gasteiger partial charge in [0, 0.05) is 0 Å². The molecule has 0 aromatic heterocycles. The third-order valence-corrected chi connectivity index (χ3v) is 8.05. The van der Waals surface area contributed by atoms with Gasteiger partial charge in [-0.3, -0.25) is 0 Å². The molecule has 0 fully saturated rings. The van der Waals surface area contributed by atoms with Gasteiger partial charge in [0.25, 0.3) is 0 Å². The van der Waals surface area contributed by atoms with Crippen LogP contribution in [0.5, 0.6) is 0 Å². The lowest BCUT2D eigenvalue weighted by Crippen LogP contribution is -1.61. The maximum absolute atomic E-state index is 8.29. The van der Waals surface area contributed by atoms with E-state index in [0.29, 0.717) is 0 Å². The summed E-state index contributed by atoms with van der Waals surface area (Å²) < 4.78 is 0. The van der Waals surface area contributed by atoms with Gasteiger partial charge in [0.1, 0.15) is 0 Å². The summed E-state index contributed by atoms with van der Waals surface area (Å²) in [6, 6.07) is 0. The van der Waals surface area contributed by atoms with Crippen LogP contribution in [0.25, 0.3) is 0 Å². The zero-order chi connectivity index (χ0) is 6.95. The lowest BCUT2D eigenvalue weighted by molar-refractivity contribution is 0.376. The van der Waals surface area contributed by atoms with Gasteiger partial charge in [0.05, 0.1) is 11.9 Å². The van der Waals surface area contributed by atoms with E-state index in [-0.39, 0.29) is 11.9 Å². The highest BCUT2D eigenvalue weighted by Gasteiger charge is 1.89. The minimum absolute atomic E-state index is 0.141. The highest BCUT2D eigenvalue weighted by Crippen LogP contribution is 2.47. The van der Waals surface area contributed by atoms with Crippen molar-refractivity contribution in [3.63, 3.8) is 0 Å². The van der Waals surface area contributed by atoms with Crippen LogP contribution in [0.4, 0.5) is 0 Å². The molecule has 0 aromatic carbocycles. The Morgan fingerprint density at radius 2 is 1.22 bits per heavy atom. The predicted molar refractivity (Wildman–Crippen MR) is 52.1 cm³/mol. The monoisotopic (exact) mass is 222 g/mol. The second kappa shape index (κ2) is 9.67. The van der Waals surface area contributed by atoms with E-state index in [9.17, 15) is 0 Å². The van der Waals surface area contributed by atoms with Gasteiger partial charge in [-0.25, -0.2) is 0 Å². The molecule has 0 atom stereocenters. The second-order valence-electron chi connectivity index (χ2n) is 0.698. The molecule has 0 amide bonds. The number of hydrogen-bond donors (Lipinski definition) is 2. The molecule has 0 bridgehead atoms. The van der Waals surface area contributed by atoms with Gasteiger partial charge in [0.2, 0.25) is 0 Å². The van der Waals surface area contributed by atoms with Crippen LogP contribution >= 0.6 is 51.1 Å². The minimum atomic E-state index is 0.141. The van der Waals surface area contributed by atoms with E-state index >= 15 is 0 Å². The van der Waals surface area contributed by atoms with E-state index in [2.05, 4.69) is 0 Å². The van der Waals surface area contributed by atoms with E-state index in [4.69, 9.17) is 10.2 Å². The largest absolute Gasteiger partial charge is 0.385 e. The van der Waals surface area contributed by atoms with E-state index < -0.39 is 0 Å². The number of aliphatic hydroxyl groups excluding tert-OH is 2. The molecule has 0 radical (unpaired) electrons. The molecule has 7 heteroatoms. The first kappa shape index (κ1) is 10.7. The minimum Gasteiger partial charge on any atom is -0.385 e. The first-order valence-corrected chi connectivity index (χ1v) is 8.36. The van der Waals surface area contributed by atoms with Gasteiger partial charge in [-0.1, -0.05) is 21.6 Å². The molecule has 0 aliphatic rings. The summed E-state index contributed by atoms with van der Waals surface area (Å²) in [5.74, 6) is 0.282. The van der Waals surface area contributed by atoms with E-state index in [1.807, 2.05) is 0 Å². The summed E-state index contributed by atoms with van der Waals surface area (Å²) in [7, 11) is 7.31. The fourth-order valence-corrected chi connectivity index (χ4v) is 7.10. The normalized spacial score (nSPS) is 10.0. The van der Waals surface area contributed by atoms with Crippen molar-refractivity contribution >= 4 is 51.1 Å². The average Bonchev–Trinajstić information content (AvgIpc) is 1.89. The van der Waals surface area contributed by atoms with Gasteiger partial charge < -0.3 is 10.2 Å². The van der Waals surface area contributed by atoms with Crippen LogP contribution < -0.4 is 0 Å². The molecule has 0 saturated heterocycles. The Hall–Kier alpha value is 1.67. The lowest BCUT2D eigenvalue weighted by Gasteiger charge is -1.92. The molecule has 0 spiro atoms. The van der Waals surface area contributed by atoms with Crippen molar-refractivity contribution in [1.82, 2.24) is 0 Å². The van der Waals surface area contributed by atoms with Crippen molar-refractivity contribution in [3.05, 3.63) is 0 Å². The van der Waals surface area contributed by atoms with Crippen LogP contribution in [0.2, 0.25) is 0 Å². The molecule has 56 valence electrons. The average molecular weight is 222 g/mol. The summed E-state index contributed by atoms with van der Waals surface area (Å²) in [5, 5.41) is 16.6. The summed E-state index contributed by atoms with van der Waals surface area (Å²) in [6.45, 7) is 0. The highest BCUT2D eigenvalue weighted by atomic mass is 33.8. The Morgan fingerprint density at radius 3 is 1.56 bits per heavy atom. The van der Waals surface area contributed by atoms with Crippen LogP contribution in [0.1, 0.15) is 0 Å². The first-order chi connectivity index (χ1) is 4.41. The molecule has 9 heavy (non-hydrogen) atoms. The number of rotatable bonds is 6. The number of hydrogen-bond acceptors (Lipinski definition) is 7. The fourth-order valence-electron chi connectivity index (χ4n) is 0.0937. The Balaban J connectivity index is 2.60. The van der Waals surface area contributed by atoms with Crippen LogP contribution in [0.3, 0.4) is 0 Å². The van der Waals surface area contributed by atoms with Gasteiger partial charge in [-0.05, 0) is 29.5 Å². The topological polar surface area (TPSA) is 40.5 Å². The molecule has 0 heterocycles. The van der Waals surface area contributed by atoms with Crippen molar-refractivity contribution in [1.29, 1.82) is 0 Å². The summed E-state index contributed by atoms with van der Waals surface area (Å²) in [6.07, 6.45) is 0. The molecule has 0 unspecified atom stereocenters. The third kappa shape index (κ3) is 9.67. The predicted octanol–water partition coefficient (Wildman–Crippen LogP) is 2.21. The van der Waals surface area contributed by atoms with E-state index in [1.165, 1.54) is 41.2 Å². The Kier molecular flexibility index (Phi) is 11.5. The maximum Gasteiger partial charge on any atom is 0.0995 e. The Morgan fingerprint density at radius 1 is 0.778 bits per heavy atom. The van der Waals surface area contributed by atoms with Crippen LogP contribution in [0, 0.1) is 0 Å². The molecule has 0 aromatic rings. The Bertz CT molecular complexity index is 46.2. The van der Waals surface area contributed by atoms with Gasteiger partial charge in [0.15, 0.2) is 0 Å². The van der Waals surface area contributed by atoms with E-state index in [0.717, 1.165) is 0 Å². The van der Waals surface area contributed by atoms with Crippen LogP contribution in [-0.2, 0) is 0 Å². The zero-order valence-electron chi connectivity index (χ0n) is 4.35. The van der Waals surface area contributed by atoms with Crippen molar-refractivity contribution in [2.45, 2.75) is 0 Å². The highest BCUT2D eigenvalue weighted by molar-refractivity contribution is 9.35. The van der Waals surface area contributed by atoms with Gasteiger partial charge in [-0.2, -0.15) is 0 Å². The molecule has 0 saturated carbocycles. The Labute approximate surface area is 72.9 Å². The molecule has 0 aliphatic carbocycles. The maximum atomic E-state index is 8.29. The van der Waals surface area contributed by atoms with Gasteiger partial charge >= 0.3 is 0 Å². The third-order valence-electron chi connectivity index (χ3n) is 0.257. The lowest BCUT2D eigenvalue weighted by atomic mass is 11.7. The van der Waals surface area contributed by atoms with Gasteiger partial charge in [-0.15, -0.1) is 0 Å². The van der Waals surface area contributed by atoms with Crippen molar-refractivity contribution in [2.24, 2.45) is 0 Å². The summed E-state index contributed by atoms with van der Waals surface area (Å²) in [5.41, 5.74) is 0. The summed E-state index contributed by atoms with van der Waals surface area (Å²) in [4.78, 5) is 0. The van der Waals surface area contributed by atoms with Crippen molar-refractivity contribution in [3.8, 4) is 0 Å². The quantitative estimate of drug-likeness (QED) is 0.405. The first-order valence-electron chi connectivity index (χ1n) is 1.88. The van der Waals surface area contributed by atoms with Crippen LogP contribution in [-0.4, -0.2) is 22.1 Å². The summed E-state index contributed by atoms with van der Waals surface area (Å²) >= 11 is 0. The SMILES string of the molecule is OCSSSSSCO. The molecule has 2 N–H and O–H groups in total. The molecular formula is C2H6O2S5. The number of aliphatic hydroxyl groups is 2. The standard InChI is InChI=1S/C2H6O2S5/c3-1-5-7-9-8-6-2-4/h3-4H,1-2H2. The van der Waals surface area contributed by atoms with Crippen molar-refractivity contribution in [2.75, 3.05) is 11.9 Å². The molecule has 0 rings (SSSR count).